The average Bonchev–Trinajstić information content (AvgIpc) is 2.90. The zero-order valence-electron chi connectivity index (χ0n) is 10.1. The molecule has 2 aromatic rings. The second kappa shape index (κ2) is 4.53. The minimum Gasteiger partial charge on any atom is -0.446 e. The lowest BCUT2D eigenvalue weighted by atomic mass is 10.1. The van der Waals surface area contributed by atoms with Crippen molar-refractivity contribution in [1.82, 2.24) is 5.43 Å². The molecule has 0 saturated carbocycles. The van der Waals surface area contributed by atoms with E-state index in [1.807, 2.05) is 30.3 Å². The van der Waals surface area contributed by atoms with Gasteiger partial charge in [0.25, 0.3) is 0 Å². The van der Waals surface area contributed by atoms with E-state index in [1.54, 1.807) is 0 Å². The van der Waals surface area contributed by atoms with Gasteiger partial charge in [0.05, 0.1) is 0 Å². The Hall–Kier alpha value is -2.29. The standard InChI is InChI=1S/C15H14N2O/c1-11-7-9-13(10-8-11)15-17-16-14(18-15)12-5-3-2-4-6-12/h2-10,15,17H,1H3. The highest BCUT2D eigenvalue weighted by atomic mass is 16.5. The van der Waals surface area contributed by atoms with Crippen LogP contribution >= 0.6 is 0 Å². The lowest BCUT2D eigenvalue weighted by Gasteiger charge is -2.11. The Labute approximate surface area is 106 Å². The lowest BCUT2D eigenvalue weighted by molar-refractivity contribution is 0.192. The fraction of sp³-hybridized carbons (Fsp3) is 0.133. The highest BCUT2D eigenvalue weighted by Crippen LogP contribution is 2.21. The predicted octanol–water partition coefficient (Wildman–Crippen LogP) is 2.98. The highest BCUT2D eigenvalue weighted by molar-refractivity contribution is 5.94. The summed E-state index contributed by atoms with van der Waals surface area (Å²) in [6.45, 7) is 2.07. The smallest absolute Gasteiger partial charge is 0.240 e. The van der Waals surface area contributed by atoms with Gasteiger partial charge >= 0.3 is 0 Å². The van der Waals surface area contributed by atoms with Gasteiger partial charge in [0.15, 0.2) is 0 Å². The number of ether oxygens (including phenoxy) is 1. The molecule has 1 aliphatic heterocycles. The van der Waals surface area contributed by atoms with Crippen LogP contribution in [0.5, 0.6) is 0 Å². The first kappa shape index (κ1) is 10.8. The van der Waals surface area contributed by atoms with Gasteiger partial charge in [0.1, 0.15) is 0 Å². The molecule has 0 aliphatic carbocycles. The maximum atomic E-state index is 5.81. The van der Waals surface area contributed by atoms with Gasteiger partial charge in [-0.25, -0.2) is 0 Å². The summed E-state index contributed by atoms with van der Waals surface area (Å²) in [6.07, 6.45) is -0.194. The van der Waals surface area contributed by atoms with Crippen LogP contribution in [-0.4, -0.2) is 5.90 Å². The molecule has 1 heterocycles. The zero-order chi connectivity index (χ0) is 12.4. The number of rotatable bonds is 2. The summed E-state index contributed by atoms with van der Waals surface area (Å²) >= 11 is 0. The van der Waals surface area contributed by atoms with Crippen molar-refractivity contribution in [1.29, 1.82) is 0 Å². The van der Waals surface area contributed by atoms with E-state index in [4.69, 9.17) is 4.74 Å². The Bertz CT molecular complexity index is 561. The SMILES string of the molecule is Cc1ccc(C2NN=C(c3ccccc3)O2)cc1. The van der Waals surface area contributed by atoms with E-state index < -0.39 is 0 Å². The summed E-state index contributed by atoms with van der Waals surface area (Å²) in [5, 5.41) is 4.23. The minimum atomic E-state index is -0.194. The second-order valence-electron chi connectivity index (χ2n) is 4.32. The molecule has 0 saturated heterocycles. The first-order chi connectivity index (χ1) is 8.83. The maximum absolute atomic E-state index is 5.81. The van der Waals surface area contributed by atoms with E-state index >= 15 is 0 Å². The molecule has 3 heteroatoms. The van der Waals surface area contributed by atoms with Crippen molar-refractivity contribution in [3.63, 3.8) is 0 Å². The van der Waals surface area contributed by atoms with Crippen LogP contribution in [0.15, 0.2) is 59.7 Å². The van der Waals surface area contributed by atoms with E-state index in [9.17, 15) is 0 Å². The summed E-state index contributed by atoms with van der Waals surface area (Å²) in [4.78, 5) is 0. The van der Waals surface area contributed by atoms with Gasteiger partial charge < -0.3 is 4.74 Å². The van der Waals surface area contributed by atoms with Crippen molar-refractivity contribution in [3.8, 4) is 0 Å². The van der Waals surface area contributed by atoms with Crippen molar-refractivity contribution >= 4 is 5.90 Å². The molecular formula is C15H14N2O. The molecule has 0 aromatic heterocycles. The average molecular weight is 238 g/mol. The van der Waals surface area contributed by atoms with Gasteiger partial charge in [0, 0.05) is 11.1 Å². The number of nitrogens with one attached hydrogen (secondary N) is 1. The van der Waals surface area contributed by atoms with E-state index in [2.05, 4.69) is 41.7 Å². The van der Waals surface area contributed by atoms with Crippen molar-refractivity contribution in [2.45, 2.75) is 13.2 Å². The third-order valence-corrected chi connectivity index (χ3v) is 2.91. The molecule has 0 amide bonds. The van der Waals surface area contributed by atoms with Gasteiger partial charge in [-0.2, -0.15) is 0 Å². The van der Waals surface area contributed by atoms with Gasteiger partial charge in [-0.1, -0.05) is 48.0 Å². The highest BCUT2D eigenvalue weighted by Gasteiger charge is 2.21. The van der Waals surface area contributed by atoms with E-state index in [1.165, 1.54) is 5.56 Å². The van der Waals surface area contributed by atoms with Crippen LogP contribution in [0.1, 0.15) is 22.9 Å². The summed E-state index contributed by atoms with van der Waals surface area (Å²) < 4.78 is 5.81. The predicted molar refractivity (Wildman–Crippen MR) is 71.1 cm³/mol. The minimum absolute atomic E-state index is 0.194. The molecule has 18 heavy (non-hydrogen) atoms. The van der Waals surface area contributed by atoms with E-state index in [0.29, 0.717) is 5.90 Å². The van der Waals surface area contributed by atoms with E-state index in [0.717, 1.165) is 11.1 Å². The number of hydrogen-bond acceptors (Lipinski definition) is 3. The molecule has 2 aromatic carbocycles. The Kier molecular flexibility index (Phi) is 2.73. The van der Waals surface area contributed by atoms with Crippen molar-refractivity contribution in [3.05, 3.63) is 71.3 Å². The fourth-order valence-electron chi connectivity index (χ4n) is 1.88. The van der Waals surface area contributed by atoms with Gasteiger partial charge in [-0.05, 0) is 19.1 Å². The summed E-state index contributed by atoms with van der Waals surface area (Å²) in [7, 11) is 0. The number of nitrogens with zero attached hydrogens (tertiary/aromatic N) is 1. The Morgan fingerprint density at radius 1 is 1.00 bits per heavy atom. The molecule has 1 atom stereocenters. The third-order valence-electron chi connectivity index (χ3n) is 2.91. The Balaban J connectivity index is 1.76. The largest absolute Gasteiger partial charge is 0.446 e. The van der Waals surface area contributed by atoms with Crippen molar-refractivity contribution in [2.24, 2.45) is 5.10 Å². The fourth-order valence-corrected chi connectivity index (χ4v) is 1.88. The molecule has 90 valence electrons. The number of hydrazone groups is 1. The molecule has 1 aliphatic rings. The first-order valence-corrected chi connectivity index (χ1v) is 5.95. The van der Waals surface area contributed by atoms with Crippen LogP contribution in [-0.2, 0) is 4.74 Å². The quantitative estimate of drug-likeness (QED) is 0.872. The summed E-state index contributed by atoms with van der Waals surface area (Å²) in [5.74, 6) is 0.640. The second-order valence-corrected chi connectivity index (χ2v) is 4.32. The number of benzene rings is 2. The molecule has 0 spiro atoms. The maximum Gasteiger partial charge on any atom is 0.240 e. The molecular weight excluding hydrogens is 224 g/mol. The number of hydrogen-bond donors (Lipinski definition) is 1. The first-order valence-electron chi connectivity index (χ1n) is 5.95. The van der Waals surface area contributed by atoms with Gasteiger partial charge in [-0.15, -0.1) is 5.10 Å². The van der Waals surface area contributed by atoms with Gasteiger partial charge in [-0.3, -0.25) is 5.43 Å². The monoisotopic (exact) mass is 238 g/mol. The molecule has 0 fully saturated rings. The van der Waals surface area contributed by atoms with E-state index in [-0.39, 0.29) is 6.23 Å². The normalized spacial score (nSPS) is 17.8. The topological polar surface area (TPSA) is 33.6 Å². The number of aryl methyl sites for hydroxylation is 1. The van der Waals surface area contributed by atoms with Crippen LogP contribution in [0.3, 0.4) is 0 Å². The van der Waals surface area contributed by atoms with Crippen LogP contribution in [0.25, 0.3) is 0 Å². The van der Waals surface area contributed by atoms with Crippen LogP contribution in [0, 0.1) is 6.92 Å². The molecule has 1 unspecified atom stereocenters. The van der Waals surface area contributed by atoms with Crippen LogP contribution < -0.4 is 5.43 Å². The van der Waals surface area contributed by atoms with Crippen LogP contribution in [0.4, 0.5) is 0 Å². The molecule has 0 radical (unpaired) electrons. The Morgan fingerprint density at radius 3 is 2.44 bits per heavy atom. The third kappa shape index (κ3) is 2.07. The molecule has 1 N–H and O–H groups in total. The van der Waals surface area contributed by atoms with Crippen molar-refractivity contribution in [2.75, 3.05) is 0 Å². The van der Waals surface area contributed by atoms with Crippen molar-refractivity contribution < 1.29 is 4.74 Å². The Morgan fingerprint density at radius 2 is 1.72 bits per heavy atom. The lowest BCUT2D eigenvalue weighted by Crippen LogP contribution is -2.12. The van der Waals surface area contributed by atoms with Crippen LogP contribution in [0.2, 0.25) is 0 Å². The van der Waals surface area contributed by atoms with Gasteiger partial charge in [0.2, 0.25) is 12.1 Å². The summed E-state index contributed by atoms with van der Waals surface area (Å²) in [6, 6.07) is 18.1. The molecule has 3 nitrogen and oxygen atoms in total. The zero-order valence-corrected chi connectivity index (χ0v) is 10.1. The molecule has 3 rings (SSSR count). The summed E-state index contributed by atoms with van der Waals surface area (Å²) in [5.41, 5.74) is 6.31. The molecule has 0 bridgehead atoms.